The molecule has 156 valence electrons. The van der Waals surface area contributed by atoms with Crippen LogP contribution >= 0.6 is 11.8 Å². The molecule has 2 aliphatic rings. The number of hydrogen-bond acceptors (Lipinski definition) is 4. The number of nitrogens with zero attached hydrogens (tertiary/aromatic N) is 3. The molecule has 2 heterocycles. The van der Waals surface area contributed by atoms with Crippen LogP contribution in [0.15, 0.2) is 58.4 Å². The van der Waals surface area contributed by atoms with Crippen molar-refractivity contribution in [2.45, 2.75) is 33.1 Å². The maximum Gasteiger partial charge on any atom is 0.286 e. The second-order valence-electron chi connectivity index (χ2n) is 9.00. The molecule has 2 aliphatic heterocycles. The highest BCUT2D eigenvalue weighted by molar-refractivity contribution is 8.18. The van der Waals surface area contributed by atoms with Crippen LogP contribution in [0.5, 0.6) is 0 Å². The maximum atomic E-state index is 12.5. The first-order valence-electron chi connectivity index (χ1n) is 10.5. The van der Waals surface area contributed by atoms with E-state index in [9.17, 15) is 4.79 Å². The Kier molecular flexibility index (Phi) is 5.74. The summed E-state index contributed by atoms with van der Waals surface area (Å²) in [5.74, 6) is -0.129. The van der Waals surface area contributed by atoms with Crippen molar-refractivity contribution in [1.29, 1.82) is 0 Å². The van der Waals surface area contributed by atoms with E-state index in [0.717, 1.165) is 36.9 Å². The fourth-order valence-corrected chi connectivity index (χ4v) is 4.71. The van der Waals surface area contributed by atoms with E-state index in [1.54, 1.807) is 0 Å². The molecule has 0 aromatic heterocycles. The van der Waals surface area contributed by atoms with Crippen LogP contribution in [0.25, 0.3) is 6.08 Å². The van der Waals surface area contributed by atoms with Crippen molar-refractivity contribution >= 4 is 34.6 Å². The minimum Gasteiger partial charge on any atom is -0.368 e. The highest BCUT2D eigenvalue weighted by Gasteiger charge is 2.28. The number of hydrogen-bond donors (Lipinski definition) is 0. The van der Waals surface area contributed by atoms with Gasteiger partial charge >= 0.3 is 0 Å². The van der Waals surface area contributed by atoms with Gasteiger partial charge in [-0.3, -0.25) is 4.79 Å². The summed E-state index contributed by atoms with van der Waals surface area (Å²) in [6.07, 6.45) is 1.96. The van der Waals surface area contributed by atoms with Crippen LogP contribution in [0.1, 0.15) is 37.5 Å². The van der Waals surface area contributed by atoms with E-state index >= 15 is 0 Å². The largest absolute Gasteiger partial charge is 0.368 e. The number of thioether (sulfide) groups is 1. The number of anilines is 1. The van der Waals surface area contributed by atoms with Gasteiger partial charge in [0.15, 0.2) is 5.17 Å². The molecule has 0 unspecified atom stereocenters. The molecule has 1 fully saturated rings. The van der Waals surface area contributed by atoms with Crippen LogP contribution in [0.4, 0.5) is 5.69 Å². The van der Waals surface area contributed by atoms with Crippen LogP contribution in [-0.2, 0) is 10.2 Å². The number of benzene rings is 2. The zero-order valence-corrected chi connectivity index (χ0v) is 19.0. The summed E-state index contributed by atoms with van der Waals surface area (Å²) < 4.78 is 0. The van der Waals surface area contributed by atoms with Crippen LogP contribution in [0.2, 0.25) is 0 Å². The lowest BCUT2D eigenvalue weighted by molar-refractivity contribution is -0.113. The van der Waals surface area contributed by atoms with Crippen molar-refractivity contribution in [3.63, 3.8) is 0 Å². The Labute approximate surface area is 183 Å². The molecule has 2 aromatic carbocycles. The van der Waals surface area contributed by atoms with E-state index in [0.29, 0.717) is 4.91 Å². The fourth-order valence-electron chi connectivity index (χ4n) is 3.74. The molecule has 0 aliphatic carbocycles. The van der Waals surface area contributed by atoms with Crippen LogP contribution in [0, 0.1) is 6.92 Å². The third kappa shape index (κ3) is 4.62. The minimum atomic E-state index is -0.129. The van der Waals surface area contributed by atoms with Gasteiger partial charge in [0.25, 0.3) is 5.91 Å². The molecule has 5 heteroatoms. The standard InChI is InChI=1S/C25H29N3OS/c1-18-6-5-7-21(16-18)27-12-14-28(15-13-27)24-26-23(29)22(30-24)17-19-8-10-20(11-9-19)25(2,3)4/h5-11,16-17H,12-15H2,1-4H3/b22-17+. The Bertz CT molecular complexity index is 994. The van der Waals surface area contributed by atoms with Gasteiger partial charge in [0.1, 0.15) is 0 Å². The number of carbonyl (C=O) groups is 1. The summed E-state index contributed by atoms with van der Waals surface area (Å²) >= 11 is 1.50. The average molecular weight is 420 g/mol. The number of aryl methyl sites for hydroxylation is 1. The third-order valence-electron chi connectivity index (χ3n) is 5.60. The molecule has 0 bridgehead atoms. The second kappa shape index (κ2) is 8.31. The van der Waals surface area contributed by atoms with Gasteiger partial charge in [0, 0.05) is 31.9 Å². The Morgan fingerprint density at radius 3 is 2.27 bits per heavy atom. The Hall–Kier alpha value is -2.53. The van der Waals surface area contributed by atoms with E-state index < -0.39 is 0 Å². The van der Waals surface area contributed by atoms with Crippen molar-refractivity contribution in [2.24, 2.45) is 4.99 Å². The average Bonchev–Trinajstić information content (AvgIpc) is 3.08. The van der Waals surface area contributed by atoms with Gasteiger partial charge in [0.2, 0.25) is 0 Å². The van der Waals surface area contributed by atoms with E-state index in [4.69, 9.17) is 0 Å². The third-order valence-corrected chi connectivity index (χ3v) is 6.65. The molecule has 0 spiro atoms. The minimum absolute atomic E-state index is 0.125. The topological polar surface area (TPSA) is 35.9 Å². The normalized spacial score (nSPS) is 18.9. The molecular formula is C25H29N3OS. The van der Waals surface area contributed by atoms with Gasteiger partial charge in [-0.25, -0.2) is 0 Å². The second-order valence-corrected chi connectivity index (χ2v) is 10.0. The Balaban J connectivity index is 1.39. The van der Waals surface area contributed by atoms with E-state index in [2.05, 4.69) is 91.0 Å². The first kappa shape index (κ1) is 20.7. The molecule has 4 rings (SSSR count). The molecule has 1 amide bonds. The van der Waals surface area contributed by atoms with Crippen molar-refractivity contribution in [3.05, 3.63) is 70.1 Å². The molecule has 0 saturated carbocycles. The first-order valence-corrected chi connectivity index (χ1v) is 11.3. The highest BCUT2D eigenvalue weighted by Crippen LogP contribution is 2.31. The molecule has 30 heavy (non-hydrogen) atoms. The van der Waals surface area contributed by atoms with E-state index in [1.807, 2.05) is 6.08 Å². The monoisotopic (exact) mass is 419 g/mol. The molecular weight excluding hydrogens is 390 g/mol. The summed E-state index contributed by atoms with van der Waals surface area (Å²) in [7, 11) is 0. The summed E-state index contributed by atoms with van der Waals surface area (Å²) in [5.41, 5.74) is 5.01. The van der Waals surface area contributed by atoms with Crippen molar-refractivity contribution in [1.82, 2.24) is 4.90 Å². The SMILES string of the molecule is Cc1cccc(N2CCN(C3=NC(=O)/C(=C\c4ccc(C(C)(C)C)cc4)S3)CC2)c1. The first-order chi connectivity index (χ1) is 14.3. The van der Waals surface area contributed by atoms with Crippen LogP contribution < -0.4 is 4.90 Å². The van der Waals surface area contributed by atoms with Gasteiger partial charge < -0.3 is 9.80 Å². The summed E-state index contributed by atoms with van der Waals surface area (Å²) in [6, 6.07) is 17.1. The van der Waals surface area contributed by atoms with Gasteiger partial charge in [-0.15, -0.1) is 0 Å². The maximum absolute atomic E-state index is 12.5. The van der Waals surface area contributed by atoms with Crippen LogP contribution in [-0.4, -0.2) is 42.2 Å². The molecule has 2 aromatic rings. The van der Waals surface area contributed by atoms with Gasteiger partial charge in [0.05, 0.1) is 4.91 Å². The highest BCUT2D eigenvalue weighted by atomic mass is 32.2. The Morgan fingerprint density at radius 2 is 1.63 bits per heavy atom. The number of carbonyl (C=O) groups excluding carboxylic acids is 1. The number of amides is 1. The zero-order chi connectivity index (χ0) is 21.3. The quantitative estimate of drug-likeness (QED) is 0.636. The Morgan fingerprint density at radius 1 is 0.967 bits per heavy atom. The van der Waals surface area contributed by atoms with Gasteiger partial charge in [-0.2, -0.15) is 4.99 Å². The lowest BCUT2D eigenvalue weighted by atomic mass is 9.87. The fraction of sp³-hybridized carbons (Fsp3) is 0.360. The van der Waals surface area contributed by atoms with Crippen LogP contribution in [0.3, 0.4) is 0 Å². The van der Waals surface area contributed by atoms with Gasteiger partial charge in [-0.1, -0.05) is 57.2 Å². The molecule has 4 nitrogen and oxygen atoms in total. The van der Waals surface area contributed by atoms with Crippen molar-refractivity contribution < 1.29 is 4.79 Å². The molecule has 0 N–H and O–H groups in total. The van der Waals surface area contributed by atoms with E-state index in [-0.39, 0.29) is 11.3 Å². The zero-order valence-electron chi connectivity index (χ0n) is 18.2. The number of rotatable bonds is 2. The predicted molar refractivity (Wildman–Crippen MR) is 128 cm³/mol. The van der Waals surface area contributed by atoms with E-state index in [1.165, 1.54) is 28.6 Å². The summed E-state index contributed by atoms with van der Waals surface area (Å²) in [4.78, 5) is 22.1. The summed E-state index contributed by atoms with van der Waals surface area (Å²) in [6.45, 7) is 12.4. The lowest BCUT2D eigenvalue weighted by Crippen LogP contribution is -2.47. The number of amidine groups is 1. The molecule has 0 radical (unpaired) electrons. The smallest absolute Gasteiger partial charge is 0.286 e. The number of piperazine rings is 1. The van der Waals surface area contributed by atoms with Gasteiger partial charge in [-0.05, 0) is 59.0 Å². The molecule has 0 atom stereocenters. The predicted octanol–water partition coefficient (Wildman–Crippen LogP) is 5.09. The lowest BCUT2D eigenvalue weighted by Gasteiger charge is -2.36. The summed E-state index contributed by atoms with van der Waals surface area (Å²) in [5, 5.41) is 0.835. The molecule has 1 saturated heterocycles. The number of aliphatic imine (C=N–C) groups is 1. The van der Waals surface area contributed by atoms with Crippen molar-refractivity contribution in [2.75, 3.05) is 31.1 Å². The van der Waals surface area contributed by atoms with Crippen molar-refractivity contribution in [3.8, 4) is 0 Å².